The van der Waals surface area contributed by atoms with Crippen LogP contribution in [0.3, 0.4) is 0 Å². The molecule has 0 aliphatic heterocycles. The second-order valence-electron chi connectivity index (χ2n) is 3.24. The highest BCUT2D eigenvalue weighted by Gasteiger charge is 2.30. The monoisotopic (exact) mass is 165 g/mol. The van der Waals surface area contributed by atoms with Crippen molar-refractivity contribution in [2.75, 3.05) is 0 Å². The van der Waals surface area contributed by atoms with Crippen LogP contribution in [-0.4, -0.2) is 15.7 Å². The number of nitrogens with zero attached hydrogens (tertiary/aromatic N) is 2. The highest BCUT2D eigenvalue weighted by atomic mass is 16.1. The van der Waals surface area contributed by atoms with Crippen LogP contribution < -0.4 is 5.73 Å². The Balaban J connectivity index is 2.43. The fourth-order valence-corrected chi connectivity index (χ4v) is 1.35. The summed E-state index contributed by atoms with van der Waals surface area (Å²) in [6, 6.07) is 0. The van der Waals surface area contributed by atoms with E-state index in [1.54, 1.807) is 17.9 Å². The maximum atomic E-state index is 10.9. The lowest BCUT2D eigenvalue weighted by Crippen LogP contribution is -2.11. The zero-order valence-corrected chi connectivity index (χ0v) is 6.95. The van der Waals surface area contributed by atoms with Crippen molar-refractivity contribution in [2.24, 2.45) is 12.8 Å². The average molecular weight is 165 g/mol. The molecule has 1 aromatic rings. The Kier molecular flexibility index (Phi) is 1.43. The molecule has 64 valence electrons. The molecule has 12 heavy (non-hydrogen) atoms. The number of primary amides is 1. The van der Waals surface area contributed by atoms with E-state index >= 15 is 0 Å². The maximum absolute atomic E-state index is 10.9. The third-order valence-electron chi connectivity index (χ3n) is 2.09. The number of amides is 1. The number of rotatable bonds is 2. The Morgan fingerprint density at radius 1 is 1.75 bits per heavy atom. The first kappa shape index (κ1) is 7.34. The van der Waals surface area contributed by atoms with Crippen molar-refractivity contribution in [3.63, 3.8) is 0 Å². The summed E-state index contributed by atoms with van der Waals surface area (Å²) in [5, 5.41) is 4.21. The number of hydrogen-bond acceptors (Lipinski definition) is 2. The molecule has 0 atom stereocenters. The molecule has 1 aliphatic rings. The molecule has 1 fully saturated rings. The van der Waals surface area contributed by atoms with Crippen LogP contribution in [0.25, 0.3) is 0 Å². The van der Waals surface area contributed by atoms with Crippen LogP contribution in [0, 0.1) is 0 Å². The molecule has 0 bridgehead atoms. The van der Waals surface area contributed by atoms with Crippen molar-refractivity contribution in [3.05, 3.63) is 17.5 Å². The van der Waals surface area contributed by atoms with E-state index in [-0.39, 0.29) is 5.91 Å². The third kappa shape index (κ3) is 1.09. The summed E-state index contributed by atoms with van der Waals surface area (Å²) in [5.41, 5.74) is 6.66. The minimum atomic E-state index is -0.370. The summed E-state index contributed by atoms with van der Waals surface area (Å²) in [5.74, 6) is 0.110. The molecule has 1 aliphatic carbocycles. The summed E-state index contributed by atoms with van der Waals surface area (Å²) >= 11 is 0. The van der Waals surface area contributed by atoms with Gasteiger partial charge in [-0.25, -0.2) is 0 Å². The largest absolute Gasteiger partial charge is 0.365 e. The number of aryl methyl sites for hydroxylation is 1. The van der Waals surface area contributed by atoms with Gasteiger partial charge in [0.2, 0.25) is 0 Å². The molecule has 0 aromatic carbocycles. The number of aromatic nitrogens is 2. The number of carbonyl (C=O) groups excluding carboxylic acids is 1. The van der Waals surface area contributed by atoms with E-state index in [2.05, 4.69) is 5.10 Å². The van der Waals surface area contributed by atoms with Crippen LogP contribution >= 0.6 is 0 Å². The third-order valence-corrected chi connectivity index (χ3v) is 2.09. The molecule has 4 nitrogen and oxygen atoms in total. The van der Waals surface area contributed by atoms with Gasteiger partial charge >= 0.3 is 0 Å². The van der Waals surface area contributed by atoms with Crippen LogP contribution in [0.5, 0.6) is 0 Å². The van der Waals surface area contributed by atoms with E-state index in [0.717, 1.165) is 18.5 Å². The van der Waals surface area contributed by atoms with Crippen molar-refractivity contribution in [1.82, 2.24) is 9.78 Å². The molecule has 0 saturated heterocycles. The molecule has 4 heteroatoms. The van der Waals surface area contributed by atoms with Gasteiger partial charge in [0, 0.05) is 19.2 Å². The van der Waals surface area contributed by atoms with Gasteiger partial charge in [0.05, 0.1) is 11.3 Å². The van der Waals surface area contributed by atoms with Crippen LogP contribution in [0.15, 0.2) is 6.20 Å². The predicted octanol–water partition coefficient (Wildman–Crippen LogP) is 0.396. The Bertz CT molecular complexity index is 325. The number of nitrogens with two attached hydrogens (primary N) is 1. The fraction of sp³-hybridized carbons (Fsp3) is 0.500. The van der Waals surface area contributed by atoms with Gasteiger partial charge in [-0.1, -0.05) is 0 Å². The van der Waals surface area contributed by atoms with Crippen molar-refractivity contribution in [1.29, 1.82) is 0 Å². The lowest BCUT2D eigenvalue weighted by Gasteiger charge is -1.92. The first-order valence-electron chi connectivity index (χ1n) is 4.02. The first-order chi connectivity index (χ1) is 5.68. The van der Waals surface area contributed by atoms with Gasteiger partial charge in [0.15, 0.2) is 0 Å². The average Bonchev–Trinajstić information content (AvgIpc) is 2.75. The first-order valence-corrected chi connectivity index (χ1v) is 4.02. The number of carbonyl (C=O) groups is 1. The quantitative estimate of drug-likeness (QED) is 0.689. The van der Waals surface area contributed by atoms with Gasteiger partial charge in [0.1, 0.15) is 0 Å². The molecule has 2 rings (SSSR count). The van der Waals surface area contributed by atoms with E-state index in [0.29, 0.717) is 11.5 Å². The van der Waals surface area contributed by atoms with Gasteiger partial charge in [-0.15, -0.1) is 0 Å². The van der Waals surface area contributed by atoms with Crippen molar-refractivity contribution >= 4 is 5.91 Å². The molecular weight excluding hydrogens is 154 g/mol. The zero-order valence-electron chi connectivity index (χ0n) is 6.95. The van der Waals surface area contributed by atoms with Crippen LogP contribution in [0.1, 0.15) is 34.8 Å². The predicted molar refractivity (Wildman–Crippen MR) is 43.7 cm³/mol. The molecule has 1 amide bonds. The maximum Gasteiger partial charge on any atom is 0.252 e. The molecule has 1 aromatic heterocycles. The molecule has 0 spiro atoms. The van der Waals surface area contributed by atoms with Crippen LogP contribution in [-0.2, 0) is 7.05 Å². The Morgan fingerprint density at radius 3 is 2.92 bits per heavy atom. The van der Waals surface area contributed by atoms with Crippen molar-refractivity contribution in [3.8, 4) is 0 Å². The van der Waals surface area contributed by atoms with E-state index in [4.69, 9.17) is 5.73 Å². The van der Waals surface area contributed by atoms with Crippen LogP contribution in [0.2, 0.25) is 0 Å². The highest BCUT2D eigenvalue weighted by Crippen LogP contribution is 2.40. The van der Waals surface area contributed by atoms with Crippen molar-refractivity contribution in [2.45, 2.75) is 18.8 Å². The highest BCUT2D eigenvalue weighted by molar-refractivity contribution is 5.94. The lowest BCUT2D eigenvalue weighted by atomic mass is 10.2. The SMILES string of the molecule is Cn1cc(C(N)=O)c(C2CC2)n1. The van der Waals surface area contributed by atoms with Gasteiger partial charge in [-0.2, -0.15) is 5.10 Å². The van der Waals surface area contributed by atoms with Crippen molar-refractivity contribution < 1.29 is 4.79 Å². The van der Waals surface area contributed by atoms with E-state index < -0.39 is 0 Å². The molecular formula is C8H11N3O. The summed E-state index contributed by atoms with van der Waals surface area (Å²) in [4.78, 5) is 10.9. The molecule has 1 saturated carbocycles. The number of hydrogen-bond donors (Lipinski definition) is 1. The second kappa shape index (κ2) is 2.33. The fourth-order valence-electron chi connectivity index (χ4n) is 1.35. The Morgan fingerprint density at radius 2 is 2.42 bits per heavy atom. The minimum Gasteiger partial charge on any atom is -0.365 e. The Hall–Kier alpha value is -1.32. The standard InChI is InChI=1S/C8H11N3O/c1-11-4-6(8(9)12)7(10-11)5-2-3-5/h4-5H,2-3H2,1H3,(H2,9,12). The van der Waals surface area contributed by atoms with E-state index in [1.807, 2.05) is 0 Å². The van der Waals surface area contributed by atoms with E-state index in [9.17, 15) is 4.79 Å². The molecule has 2 N–H and O–H groups in total. The second-order valence-corrected chi connectivity index (χ2v) is 3.24. The molecule has 1 heterocycles. The topological polar surface area (TPSA) is 60.9 Å². The Labute approximate surface area is 70.4 Å². The minimum absolute atomic E-state index is 0.370. The summed E-state index contributed by atoms with van der Waals surface area (Å²) in [6.07, 6.45) is 3.96. The molecule has 0 unspecified atom stereocenters. The van der Waals surface area contributed by atoms with Gasteiger partial charge in [0.25, 0.3) is 5.91 Å². The normalized spacial score (nSPS) is 16.4. The summed E-state index contributed by atoms with van der Waals surface area (Å²) in [7, 11) is 1.80. The molecule has 0 radical (unpaired) electrons. The van der Waals surface area contributed by atoms with Gasteiger partial charge in [-0.3, -0.25) is 9.48 Å². The van der Waals surface area contributed by atoms with Crippen LogP contribution in [0.4, 0.5) is 0 Å². The zero-order chi connectivity index (χ0) is 8.72. The smallest absolute Gasteiger partial charge is 0.252 e. The van der Waals surface area contributed by atoms with Gasteiger partial charge in [-0.05, 0) is 12.8 Å². The summed E-state index contributed by atoms with van der Waals surface area (Å²) in [6.45, 7) is 0. The summed E-state index contributed by atoms with van der Waals surface area (Å²) < 4.78 is 1.65. The van der Waals surface area contributed by atoms with Gasteiger partial charge < -0.3 is 5.73 Å². The lowest BCUT2D eigenvalue weighted by molar-refractivity contribution is 0.0999. The van der Waals surface area contributed by atoms with E-state index in [1.165, 1.54) is 0 Å².